The molecule has 14 heavy (non-hydrogen) atoms. The van der Waals surface area contributed by atoms with Gasteiger partial charge in [-0.1, -0.05) is 17.7 Å². The first-order valence-electron chi connectivity index (χ1n) is 4.25. The van der Waals surface area contributed by atoms with Gasteiger partial charge < -0.3 is 10.4 Å². The number of hydrogen-bond donors (Lipinski definition) is 2. The fraction of sp³-hybridized carbons (Fsp3) is 0.300. The quantitative estimate of drug-likeness (QED) is 0.774. The van der Waals surface area contributed by atoms with Crippen molar-refractivity contribution in [1.82, 2.24) is 0 Å². The van der Waals surface area contributed by atoms with Crippen LogP contribution in [0.25, 0.3) is 0 Å². The number of carboxylic acid groups (broad SMARTS) is 1. The highest BCUT2D eigenvalue weighted by molar-refractivity contribution is 5.77. The maximum absolute atomic E-state index is 12.2. The van der Waals surface area contributed by atoms with E-state index in [1.807, 2.05) is 19.1 Å². The monoisotopic (exact) mass is 197 g/mol. The fourth-order valence-electron chi connectivity index (χ4n) is 1.02. The zero-order valence-corrected chi connectivity index (χ0v) is 7.83. The van der Waals surface area contributed by atoms with Crippen LogP contribution in [0.15, 0.2) is 24.3 Å². The Morgan fingerprint density at radius 2 is 2.07 bits per heavy atom. The van der Waals surface area contributed by atoms with Crippen LogP contribution in [-0.4, -0.2) is 23.8 Å². The standard InChI is InChI=1S/C10H12FNO2/c1-7-2-4-8(5-3-7)12-9(6-11)10(13)14/h2-5,9,12H,6H2,1H3,(H,13,14). The molecule has 3 nitrogen and oxygen atoms in total. The topological polar surface area (TPSA) is 49.3 Å². The van der Waals surface area contributed by atoms with Crippen molar-refractivity contribution < 1.29 is 14.3 Å². The van der Waals surface area contributed by atoms with Gasteiger partial charge in [0, 0.05) is 5.69 Å². The molecule has 0 aliphatic carbocycles. The summed E-state index contributed by atoms with van der Waals surface area (Å²) in [5.74, 6) is -1.19. The summed E-state index contributed by atoms with van der Waals surface area (Å²) in [5, 5.41) is 11.2. The van der Waals surface area contributed by atoms with E-state index in [0.717, 1.165) is 5.56 Å². The van der Waals surface area contributed by atoms with Crippen molar-refractivity contribution in [3.63, 3.8) is 0 Å². The van der Waals surface area contributed by atoms with E-state index in [1.54, 1.807) is 12.1 Å². The van der Waals surface area contributed by atoms with Gasteiger partial charge in [0.2, 0.25) is 0 Å². The Morgan fingerprint density at radius 3 is 2.50 bits per heavy atom. The molecule has 0 aliphatic rings. The van der Waals surface area contributed by atoms with Crippen molar-refractivity contribution in [2.24, 2.45) is 0 Å². The lowest BCUT2D eigenvalue weighted by atomic mass is 10.2. The van der Waals surface area contributed by atoms with E-state index in [-0.39, 0.29) is 0 Å². The van der Waals surface area contributed by atoms with Gasteiger partial charge in [0.15, 0.2) is 6.04 Å². The van der Waals surface area contributed by atoms with Gasteiger partial charge in [-0.15, -0.1) is 0 Å². The van der Waals surface area contributed by atoms with Gasteiger partial charge in [0.1, 0.15) is 6.67 Å². The van der Waals surface area contributed by atoms with Crippen LogP contribution in [0.4, 0.5) is 10.1 Å². The SMILES string of the molecule is Cc1ccc(NC(CF)C(=O)O)cc1. The molecule has 1 rings (SSSR count). The maximum Gasteiger partial charge on any atom is 0.328 e. The Bertz CT molecular complexity index is 310. The minimum Gasteiger partial charge on any atom is -0.480 e. The molecule has 1 unspecified atom stereocenters. The average molecular weight is 197 g/mol. The smallest absolute Gasteiger partial charge is 0.328 e. The number of nitrogens with one attached hydrogen (secondary N) is 1. The predicted molar refractivity (Wildman–Crippen MR) is 52.2 cm³/mol. The summed E-state index contributed by atoms with van der Waals surface area (Å²) in [6.45, 7) is 0.997. The van der Waals surface area contributed by atoms with Crippen molar-refractivity contribution in [3.8, 4) is 0 Å². The molecule has 0 spiro atoms. The number of aryl methyl sites for hydroxylation is 1. The Balaban J connectivity index is 2.67. The number of anilines is 1. The molecule has 0 saturated carbocycles. The first kappa shape index (κ1) is 10.5. The van der Waals surface area contributed by atoms with Crippen molar-refractivity contribution >= 4 is 11.7 Å². The molecule has 0 radical (unpaired) electrons. The molecule has 0 amide bonds. The van der Waals surface area contributed by atoms with Gasteiger partial charge in [-0.05, 0) is 19.1 Å². The highest BCUT2D eigenvalue weighted by Crippen LogP contribution is 2.10. The minimum atomic E-state index is -1.19. The molecule has 1 atom stereocenters. The van der Waals surface area contributed by atoms with Crippen molar-refractivity contribution in [2.75, 3.05) is 12.0 Å². The van der Waals surface area contributed by atoms with Gasteiger partial charge in [-0.25, -0.2) is 9.18 Å². The van der Waals surface area contributed by atoms with E-state index >= 15 is 0 Å². The van der Waals surface area contributed by atoms with Crippen LogP contribution < -0.4 is 5.32 Å². The van der Waals surface area contributed by atoms with Crippen LogP contribution in [-0.2, 0) is 4.79 Å². The van der Waals surface area contributed by atoms with E-state index in [4.69, 9.17) is 5.11 Å². The number of carboxylic acids is 1. The van der Waals surface area contributed by atoms with Crippen LogP contribution in [0.5, 0.6) is 0 Å². The molecular formula is C10H12FNO2. The summed E-state index contributed by atoms with van der Waals surface area (Å²) >= 11 is 0. The van der Waals surface area contributed by atoms with Crippen LogP contribution >= 0.6 is 0 Å². The number of benzene rings is 1. The van der Waals surface area contributed by atoms with E-state index in [1.165, 1.54) is 0 Å². The van der Waals surface area contributed by atoms with Crippen LogP contribution in [0.3, 0.4) is 0 Å². The molecule has 0 aliphatic heterocycles. The molecule has 0 aromatic heterocycles. The second-order valence-corrected chi connectivity index (χ2v) is 3.06. The number of carbonyl (C=O) groups is 1. The number of alkyl halides is 1. The Hall–Kier alpha value is -1.58. The van der Waals surface area contributed by atoms with E-state index < -0.39 is 18.7 Å². The third-order valence-electron chi connectivity index (χ3n) is 1.84. The lowest BCUT2D eigenvalue weighted by Crippen LogP contribution is -2.31. The zero-order chi connectivity index (χ0) is 10.6. The van der Waals surface area contributed by atoms with Gasteiger partial charge >= 0.3 is 5.97 Å². The molecule has 2 N–H and O–H groups in total. The second-order valence-electron chi connectivity index (χ2n) is 3.06. The van der Waals surface area contributed by atoms with Crippen LogP contribution in [0.1, 0.15) is 5.56 Å². The van der Waals surface area contributed by atoms with Crippen molar-refractivity contribution in [2.45, 2.75) is 13.0 Å². The van der Waals surface area contributed by atoms with Crippen LogP contribution in [0.2, 0.25) is 0 Å². The van der Waals surface area contributed by atoms with Gasteiger partial charge in [0.25, 0.3) is 0 Å². The molecular weight excluding hydrogens is 185 g/mol. The summed E-state index contributed by atoms with van der Waals surface area (Å²) in [6, 6.07) is 5.94. The van der Waals surface area contributed by atoms with Crippen molar-refractivity contribution in [1.29, 1.82) is 0 Å². The third-order valence-corrected chi connectivity index (χ3v) is 1.84. The maximum atomic E-state index is 12.2. The van der Waals surface area contributed by atoms with E-state index in [9.17, 15) is 9.18 Å². The summed E-state index contributed by atoms with van der Waals surface area (Å²) < 4.78 is 12.2. The number of hydrogen-bond acceptors (Lipinski definition) is 2. The number of halogens is 1. The summed E-state index contributed by atoms with van der Waals surface area (Å²) in [7, 11) is 0. The van der Waals surface area contributed by atoms with Gasteiger partial charge in [-0.3, -0.25) is 0 Å². The highest BCUT2D eigenvalue weighted by Gasteiger charge is 2.15. The molecule has 0 bridgehead atoms. The molecule has 76 valence electrons. The fourth-order valence-corrected chi connectivity index (χ4v) is 1.02. The number of rotatable bonds is 4. The van der Waals surface area contributed by atoms with Crippen LogP contribution in [0, 0.1) is 6.92 Å². The van der Waals surface area contributed by atoms with Gasteiger partial charge in [-0.2, -0.15) is 0 Å². The Labute approximate surface area is 81.6 Å². The normalized spacial score (nSPS) is 12.1. The predicted octanol–water partition coefficient (Wildman–Crippen LogP) is 1.83. The molecule has 0 saturated heterocycles. The third kappa shape index (κ3) is 2.73. The summed E-state index contributed by atoms with van der Waals surface area (Å²) in [6.07, 6.45) is 0. The first-order chi connectivity index (χ1) is 6.63. The Morgan fingerprint density at radius 1 is 1.50 bits per heavy atom. The number of aliphatic carboxylic acids is 1. The molecule has 1 aromatic carbocycles. The molecule has 4 heteroatoms. The summed E-state index contributed by atoms with van der Waals surface area (Å²) in [5.41, 5.74) is 1.68. The second kappa shape index (κ2) is 4.60. The molecule has 0 fully saturated rings. The largest absolute Gasteiger partial charge is 0.480 e. The lowest BCUT2D eigenvalue weighted by molar-refractivity contribution is -0.138. The lowest BCUT2D eigenvalue weighted by Gasteiger charge is -2.11. The van der Waals surface area contributed by atoms with Gasteiger partial charge in [0.05, 0.1) is 0 Å². The van der Waals surface area contributed by atoms with E-state index in [2.05, 4.69) is 5.32 Å². The average Bonchev–Trinajstić information content (AvgIpc) is 2.16. The molecule has 1 aromatic rings. The Kier molecular flexibility index (Phi) is 3.45. The highest BCUT2D eigenvalue weighted by atomic mass is 19.1. The zero-order valence-electron chi connectivity index (χ0n) is 7.83. The van der Waals surface area contributed by atoms with Crippen molar-refractivity contribution in [3.05, 3.63) is 29.8 Å². The van der Waals surface area contributed by atoms with E-state index in [0.29, 0.717) is 5.69 Å². The first-order valence-corrected chi connectivity index (χ1v) is 4.25. The minimum absolute atomic E-state index is 0.612. The molecule has 0 heterocycles. The summed E-state index contributed by atoms with van der Waals surface area (Å²) in [4.78, 5) is 10.5.